The summed E-state index contributed by atoms with van der Waals surface area (Å²) < 4.78 is 1.73. The van der Waals surface area contributed by atoms with Crippen molar-refractivity contribution in [3.8, 4) is 0 Å². The van der Waals surface area contributed by atoms with Crippen molar-refractivity contribution < 1.29 is 9.59 Å². The molecule has 9 heteroatoms. The highest BCUT2D eigenvalue weighted by Crippen LogP contribution is 2.32. The molecule has 1 aliphatic rings. The highest BCUT2D eigenvalue weighted by atomic mass is 32.1. The zero-order valence-corrected chi connectivity index (χ0v) is 17.6. The Hall–Kier alpha value is -2.39. The highest BCUT2D eigenvalue weighted by molar-refractivity contribution is 7.14. The van der Waals surface area contributed by atoms with E-state index in [2.05, 4.69) is 28.2 Å². The Labute approximate surface area is 169 Å². The third-order valence-electron chi connectivity index (χ3n) is 5.03. The second kappa shape index (κ2) is 8.74. The number of hydrazine groups is 1. The number of likely N-dealkylation sites (N-methyl/N-ethyl adjacent to an activating group) is 1. The smallest absolute Gasteiger partial charge is 0.333 e. The molecule has 3 N–H and O–H groups in total. The van der Waals surface area contributed by atoms with Gasteiger partial charge in [-0.15, -0.1) is 11.3 Å². The molecule has 2 unspecified atom stereocenters. The summed E-state index contributed by atoms with van der Waals surface area (Å²) in [5.41, 5.74) is 7.21. The number of amides is 3. The monoisotopic (exact) mass is 404 g/mol. The van der Waals surface area contributed by atoms with Crippen molar-refractivity contribution in [3.05, 3.63) is 39.3 Å². The number of aromatic nitrogens is 2. The van der Waals surface area contributed by atoms with Crippen LogP contribution in [0.3, 0.4) is 0 Å². The largest absolute Gasteiger partial charge is 0.335 e. The molecule has 0 bridgehead atoms. The molecule has 0 saturated carbocycles. The van der Waals surface area contributed by atoms with Gasteiger partial charge in [-0.25, -0.2) is 10.2 Å². The minimum absolute atomic E-state index is 0.0128. The first-order chi connectivity index (χ1) is 13.3. The molecule has 0 aromatic carbocycles. The summed E-state index contributed by atoms with van der Waals surface area (Å²) in [6, 6.07) is 1.50. The van der Waals surface area contributed by atoms with Crippen LogP contribution in [0, 0.1) is 5.92 Å². The standard InChI is InChI=1S/C19H28N6O2S/c1-12-5-6-16-13(7-12)8-17(28-16)18(26)22-23-19(27)20-10-15(24(2)3)14-9-21-25(4)11-14/h8-9,11-12,15H,5-7,10H2,1-4H3,(H,22,26)(H2,20,23,27). The van der Waals surface area contributed by atoms with Gasteiger partial charge in [-0.2, -0.15) is 5.10 Å². The van der Waals surface area contributed by atoms with Gasteiger partial charge in [0.25, 0.3) is 5.91 Å². The van der Waals surface area contributed by atoms with Gasteiger partial charge in [0.05, 0.1) is 17.1 Å². The van der Waals surface area contributed by atoms with Crippen LogP contribution in [0.15, 0.2) is 18.5 Å². The maximum Gasteiger partial charge on any atom is 0.333 e. The fourth-order valence-electron chi connectivity index (χ4n) is 3.44. The Morgan fingerprint density at radius 2 is 2.18 bits per heavy atom. The van der Waals surface area contributed by atoms with Crippen molar-refractivity contribution in [1.29, 1.82) is 0 Å². The molecule has 0 fully saturated rings. The number of aryl methyl sites for hydroxylation is 2. The van der Waals surface area contributed by atoms with E-state index in [1.54, 1.807) is 10.9 Å². The maximum absolute atomic E-state index is 12.4. The van der Waals surface area contributed by atoms with Gasteiger partial charge >= 0.3 is 6.03 Å². The number of nitrogens with zero attached hydrogens (tertiary/aromatic N) is 3. The molecule has 0 aliphatic heterocycles. The van der Waals surface area contributed by atoms with Gasteiger partial charge in [-0.1, -0.05) is 6.92 Å². The van der Waals surface area contributed by atoms with Crippen LogP contribution in [0.5, 0.6) is 0 Å². The third-order valence-corrected chi connectivity index (χ3v) is 6.27. The summed E-state index contributed by atoms with van der Waals surface area (Å²) in [6.45, 7) is 2.63. The molecule has 152 valence electrons. The van der Waals surface area contributed by atoms with E-state index in [-0.39, 0.29) is 11.9 Å². The van der Waals surface area contributed by atoms with E-state index in [4.69, 9.17) is 0 Å². The van der Waals surface area contributed by atoms with Crippen LogP contribution in [0.2, 0.25) is 0 Å². The predicted molar refractivity (Wildman–Crippen MR) is 109 cm³/mol. The zero-order chi connectivity index (χ0) is 20.3. The summed E-state index contributed by atoms with van der Waals surface area (Å²) >= 11 is 1.52. The van der Waals surface area contributed by atoms with E-state index in [1.165, 1.54) is 28.2 Å². The van der Waals surface area contributed by atoms with E-state index in [0.717, 1.165) is 18.4 Å². The lowest BCUT2D eigenvalue weighted by Gasteiger charge is -2.23. The molecule has 0 saturated heterocycles. The Morgan fingerprint density at radius 1 is 1.39 bits per heavy atom. The number of thiophene rings is 1. The second-order valence-corrected chi connectivity index (χ2v) is 8.76. The highest BCUT2D eigenvalue weighted by Gasteiger charge is 2.21. The summed E-state index contributed by atoms with van der Waals surface area (Å²) in [7, 11) is 5.74. The SMILES string of the molecule is CC1CCc2sc(C(=O)NNC(=O)NCC(c3cnn(C)c3)N(C)C)cc2C1. The molecule has 3 rings (SSSR count). The van der Waals surface area contributed by atoms with E-state index in [0.29, 0.717) is 17.3 Å². The summed E-state index contributed by atoms with van der Waals surface area (Å²) in [5, 5.41) is 6.97. The molecule has 2 aromatic rings. The molecule has 2 heterocycles. The van der Waals surface area contributed by atoms with Crippen LogP contribution < -0.4 is 16.2 Å². The maximum atomic E-state index is 12.4. The van der Waals surface area contributed by atoms with Crippen LogP contribution in [0.4, 0.5) is 4.79 Å². The molecule has 0 radical (unpaired) electrons. The van der Waals surface area contributed by atoms with Crippen molar-refractivity contribution in [2.75, 3.05) is 20.6 Å². The number of carbonyl (C=O) groups is 2. The second-order valence-electron chi connectivity index (χ2n) is 7.62. The Bertz CT molecular complexity index is 843. The first-order valence-electron chi connectivity index (χ1n) is 9.44. The Kier molecular flexibility index (Phi) is 6.35. The first-order valence-corrected chi connectivity index (χ1v) is 10.3. The predicted octanol–water partition coefficient (Wildman–Crippen LogP) is 1.85. The van der Waals surface area contributed by atoms with E-state index in [9.17, 15) is 9.59 Å². The fraction of sp³-hybridized carbons (Fsp3) is 0.526. The van der Waals surface area contributed by atoms with Gasteiger partial charge in [0, 0.05) is 30.2 Å². The third kappa shape index (κ3) is 4.90. The zero-order valence-electron chi connectivity index (χ0n) is 16.8. The Morgan fingerprint density at radius 3 is 2.86 bits per heavy atom. The Balaban J connectivity index is 1.49. The van der Waals surface area contributed by atoms with Crippen molar-refractivity contribution in [2.45, 2.75) is 32.2 Å². The van der Waals surface area contributed by atoms with E-state index >= 15 is 0 Å². The normalized spacial score (nSPS) is 17.1. The number of carbonyl (C=O) groups excluding carboxylic acids is 2. The average Bonchev–Trinajstić information content (AvgIpc) is 3.25. The van der Waals surface area contributed by atoms with Crippen LogP contribution in [0.25, 0.3) is 0 Å². The summed E-state index contributed by atoms with van der Waals surface area (Å²) in [5.74, 6) is 0.380. The number of urea groups is 1. The molecular formula is C19H28N6O2S. The van der Waals surface area contributed by atoms with E-state index in [1.807, 2.05) is 38.3 Å². The number of fused-ring (bicyclic) bond motifs is 1. The van der Waals surface area contributed by atoms with Crippen molar-refractivity contribution in [2.24, 2.45) is 13.0 Å². The molecular weight excluding hydrogens is 376 g/mol. The molecule has 8 nitrogen and oxygen atoms in total. The molecule has 28 heavy (non-hydrogen) atoms. The van der Waals surface area contributed by atoms with Gasteiger partial charge in [-0.3, -0.25) is 14.9 Å². The van der Waals surface area contributed by atoms with Crippen LogP contribution in [-0.2, 0) is 19.9 Å². The minimum Gasteiger partial charge on any atom is -0.335 e. The number of rotatable bonds is 5. The molecule has 2 atom stereocenters. The number of hydrogen-bond acceptors (Lipinski definition) is 5. The quantitative estimate of drug-likeness (QED) is 0.664. The number of nitrogens with one attached hydrogen (secondary N) is 3. The lowest BCUT2D eigenvalue weighted by Crippen LogP contribution is -2.48. The van der Waals surface area contributed by atoms with Crippen LogP contribution in [0.1, 0.15) is 45.1 Å². The van der Waals surface area contributed by atoms with Gasteiger partial charge < -0.3 is 10.2 Å². The van der Waals surface area contributed by atoms with E-state index < -0.39 is 6.03 Å². The molecule has 1 aliphatic carbocycles. The van der Waals surface area contributed by atoms with Crippen LogP contribution >= 0.6 is 11.3 Å². The van der Waals surface area contributed by atoms with Crippen molar-refractivity contribution in [1.82, 2.24) is 30.8 Å². The van der Waals surface area contributed by atoms with Gasteiger partial charge in [0.2, 0.25) is 0 Å². The molecule has 2 aromatic heterocycles. The average molecular weight is 405 g/mol. The van der Waals surface area contributed by atoms with Gasteiger partial charge in [-0.05, 0) is 50.9 Å². The first kappa shape index (κ1) is 20.3. The lowest BCUT2D eigenvalue weighted by molar-refractivity contribution is 0.0940. The molecule has 3 amide bonds. The van der Waals surface area contributed by atoms with Crippen molar-refractivity contribution >= 4 is 23.3 Å². The van der Waals surface area contributed by atoms with Crippen molar-refractivity contribution in [3.63, 3.8) is 0 Å². The minimum atomic E-state index is -0.445. The van der Waals surface area contributed by atoms with Gasteiger partial charge in [0.15, 0.2) is 0 Å². The summed E-state index contributed by atoms with van der Waals surface area (Å²) in [6.07, 6.45) is 6.92. The fourth-order valence-corrected chi connectivity index (χ4v) is 4.54. The van der Waals surface area contributed by atoms with Crippen LogP contribution in [-0.4, -0.2) is 47.3 Å². The lowest BCUT2D eigenvalue weighted by atomic mass is 9.90. The van der Waals surface area contributed by atoms with Gasteiger partial charge in [0.1, 0.15) is 0 Å². The molecule has 0 spiro atoms. The topological polar surface area (TPSA) is 91.3 Å². The summed E-state index contributed by atoms with van der Waals surface area (Å²) in [4.78, 5) is 28.4. The number of hydrogen-bond donors (Lipinski definition) is 3.